The van der Waals surface area contributed by atoms with Crippen molar-refractivity contribution in [3.8, 4) is 0 Å². The van der Waals surface area contributed by atoms with Gasteiger partial charge in [0.15, 0.2) is 0 Å². The molecule has 1 heterocycles. The molecular formula is C13H22ClN3S. The molecule has 0 spiro atoms. The van der Waals surface area contributed by atoms with Gasteiger partial charge in [0.25, 0.3) is 0 Å². The van der Waals surface area contributed by atoms with Crippen molar-refractivity contribution in [2.75, 3.05) is 6.26 Å². The average Bonchev–Trinajstić information content (AvgIpc) is 2.61. The molecule has 0 aliphatic heterocycles. The minimum atomic E-state index is 0.627. The maximum absolute atomic E-state index is 6.26. The van der Waals surface area contributed by atoms with Gasteiger partial charge in [0.2, 0.25) is 0 Å². The van der Waals surface area contributed by atoms with Crippen LogP contribution < -0.4 is 5.32 Å². The Morgan fingerprint density at radius 1 is 1.50 bits per heavy atom. The van der Waals surface area contributed by atoms with Gasteiger partial charge >= 0.3 is 0 Å². The molecule has 1 aliphatic rings. The zero-order valence-corrected chi connectivity index (χ0v) is 12.9. The number of nitrogens with zero attached hydrogens (tertiary/aromatic N) is 2. The lowest BCUT2D eigenvalue weighted by molar-refractivity contribution is 0.376. The summed E-state index contributed by atoms with van der Waals surface area (Å²) in [5.74, 6) is 0. The molecule has 18 heavy (non-hydrogen) atoms. The van der Waals surface area contributed by atoms with E-state index in [4.69, 9.17) is 11.6 Å². The molecule has 5 heteroatoms. The van der Waals surface area contributed by atoms with Crippen LogP contribution in [-0.4, -0.2) is 27.3 Å². The summed E-state index contributed by atoms with van der Waals surface area (Å²) in [7, 11) is 1.96. The number of aromatic nitrogens is 2. The second-order valence-corrected chi connectivity index (χ2v) is 6.59. The number of hydrogen-bond acceptors (Lipinski definition) is 3. The molecule has 1 N–H and O–H groups in total. The number of aryl methyl sites for hydroxylation is 2. The maximum atomic E-state index is 6.26. The van der Waals surface area contributed by atoms with Gasteiger partial charge in [0, 0.05) is 24.9 Å². The van der Waals surface area contributed by atoms with E-state index in [-0.39, 0.29) is 0 Å². The largest absolute Gasteiger partial charge is 0.308 e. The van der Waals surface area contributed by atoms with Crippen molar-refractivity contribution in [2.45, 2.75) is 50.4 Å². The van der Waals surface area contributed by atoms with Crippen LogP contribution in [0.2, 0.25) is 5.02 Å². The van der Waals surface area contributed by atoms with Crippen molar-refractivity contribution in [3.05, 3.63) is 16.4 Å². The molecule has 0 bridgehead atoms. The van der Waals surface area contributed by atoms with E-state index < -0.39 is 0 Å². The molecule has 0 aromatic carbocycles. The molecule has 0 radical (unpaired) electrons. The highest BCUT2D eigenvalue weighted by molar-refractivity contribution is 7.99. The third-order valence-corrected chi connectivity index (χ3v) is 5.37. The standard InChI is InChI=1S/C13H22ClN3S/c1-9-13(14)12(17(2)16-9)8-15-10-5-4-6-11(7-10)18-3/h10-11,15H,4-8H2,1-3H3. The fourth-order valence-electron chi connectivity index (χ4n) is 2.66. The summed E-state index contributed by atoms with van der Waals surface area (Å²) in [6.45, 7) is 2.78. The number of halogens is 1. The van der Waals surface area contributed by atoms with Crippen LogP contribution in [0.1, 0.15) is 37.1 Å². The second-order valence-electron chi connectivity index (χ2n) is 5.07. The van der Waals surface area contributed by atoms with Gasteiger partial charge < -0.3 is 5.32 Å². The Kier molecular flexibility index (Phi) is 4.98. The summed E-state index contributed by atoms with van der Waals surface area (Å²) >= 11 is 8.26. The molecule has 1 aromatic rings. The lowest BCUT2D eigenvalue weighted by Crippen LogP contribution is -2.35. The Balaban J connectivity index is 1.91. The van der Waals surface area contributed by atoms with E-state index in [1.54, 1.807) is 0 Å². The van der Waals surface area contributed by atoms with E-state index in [0.29, 0.717) is 6.04 Å². The molecule has 2 unspecified atom stereocenters. The van der Waals surface area contributed by atoms with Gasteiger partial charge in [0.1, 0.15) is 0 Å². The third kappa shape index (κ3) is 3.22. The van der Waals surface area contributed by atoms with E-state index in [1.807, 2.05) is 30.4 Å². The first-order valence-electron chi connectivity index (χ1n) is 6.56. The van der Waals surface area contributed by atoms with Crippen molar-refractivity contribution in [1.82, 2.24) is 15.1 Å². The van der Waals surface area contributed by atoms with Crippen molar-refractivity contribution in [3.63, 3.8) is 0 Å². The van der Waals surface area contributed by atoms with Gasteiger partial charge in [-0.1, -0.05) is 18.0 Å². The number of hydrogen-bond donors (Lipinski definition) is 1. The summed E-state index contributed by atoms with van der Waals surface area (Å²) in [6.07, 6.45) is 7.47. The molecule has 102 valence electrons. The average molecular weight is 288 g/mol. The zero-order valence-electron chi connectivity index (χ0n) is 11.4. The van der Waals surface area contributed by atoms with Gasteiger partial charge in [-0.3, -0.25) is 4.68 Å². The molecule has 2 rings (SSSR count). The normalized spacial score (nSPS) is 24.4. The predicted octanol–water partition coefficient (Wildman–Crippen LogP) is 3.15. The fourth-order valence-corrected chi connectivity index (χ4v) is 3.71. The second kappa shape index (κ2) is 6.31. The van der Waals surface area contributed by atoms with Crippen molar-refractivity contribution in [2.24, 2.45) is 7.05 Å². The van der Waals surface area contributed by atoms with Crippen LogP contribution in [0, 0.1) is 6.92 Å². The van der Waals surface area contributed by atoms with Gasteiger partial charge in [-0.15, -0.1) is 0 Å². The SMILES string of the molecule is CSC1CCCC(NCc2c(Cl)c(C)nn2C)C1. The quantitative estimate of drug-likeness (QED) is 0.923. The Bertz CT molecular complexity index is 405. The predicted molar refractivity (Wildman–Crippen MR) is 79.4 cm³/mol. The highest BCUT2D eigenvalue weighted by Gasteiger charge is 2.21. The van der Waals surface area contributed by atoms with Crippen molar-refractivity contribution in [1.29, 1.82) is 0 Å². The van der Waals surface area contributed by atoms with Crippen LogP contribution in [0.25, 0.3) is 0 Å². The third-order valence-electron chi connectivity index (χ3n) is 3.78. The lowest BCUT2D eigenvalue weighted by atomic mass is 9.95. The van der Waals surface area contributed by atoms with Crippen molar-refractivity contribution < 1.29 is 0 Å². The minimum Gasteiger partial charge on any atom is -0.308 e. The zero-order chi connectivity index (χ0) is 13.1. The summed E-state index contributed by atoms with van der Waals surface area (Å²) in [4.78, 5) is 0. The van der Waals surface area contributed by atoms with E-state index in [2.05, 4.69) is 16.7 Å². The number of rotatable bonds is 4. The molecule has 1 aromatic heterocycles. The van der Waals surface area contributed by atoms with Gasteiger partial charge in [-0.25, -0.2) is 0 Å². The molecule has 0 saturated heterocycles. The summed E-state index contributed by atoms with van der Waals surface area (Å²) in [5.41, 5.74) is 2.02. The van der Waals surface area contributed by atoms with Crippen LogP contribution >= 0.6 is 23.4 Å². The van der Waals surface area contributed by atoms with Gasteiger partial charge in [-0.05, 0) is 32.4 Å². The molecule has 1 fully saturated rings. The number of nitrogens with one attached hydrogen (secondary N) is 1. The summed E-state index contributed by atoms with van der Waals surface area (Å²) < 4.78 is 1.89. The fraction of sp³-hybridized carbons (Fsp3) is 0.769. The van der Waals surface area contributed by atoms with Gasteiger partial charge in [-0.2, -0.15) is 16.9 Å². The Labute approximate surface area is 119 Å². The van der Waals surface area contributed by atoms with Crippen LogP contribution in [0.3, 0.4) is 0 Å². The Morgan fingerprint density at radius 3 is 2.89 bits per heavy atom. The van der Waals surface area contributed by atoms with Crippen LogP contribution in [0.4, 0.5) is 0 Å². The molecule has 0 amide bonds. The Morgan fingerprint density at radius 2 is 2.28 bits per heavy atom. The van der Waals surface area contributed by atoms with E-state index >= 15 is 0 Å². The summed E-state index contributed by atoms with van der Waals surface area (Å²) in [6, 6.07) is 0.627. The molecule has 1 aliphatic carbocycles. The van der Waals surface area contributed by atoms with Gasteiger partial charge in [0.05, 0.1) is 16.4 Å². The lowest BCUT2D eigenvalue weighted by Gasteiger charge is -2.28. The highest BCUT2D eigenvalue weighted by Crippen LogP contribution is 2.27. The topological polar surface area (TPSA) is 29.9 Å². The molecular weight excluding hydrogens is 266 g/mol. The molecule has 2 atom stereocenters. The first-order valence-corrected chi connectivity index (χ1v) is 8.22. The first kappa shape index (κ1) is 14.2. The number of thioether (sulfide) groups is 1. The smallest absolute Gasteiger partial charge is 0.0860 e. The minimum absolute atomic E-state index is 0.627. The van der Waals surface area contributed by atoms with E-state index in [9.17, 15) is 0 Å². The maximum Gasteiger partial charge on any atom is 0.0860 e. The van der Waals surface area contributed by atoms with E-state index in [0.717, 1.165) is 28.2 Å². The first-order chi connectivity index (χ1) is 8.61. The Hall–Kier alpha value is -0.190. The molecule has 1 saturated carbocycles. The van der Waals surface area contributed by atoms with Crippen molar-refractivity contribution >= 4 is 23.4 Å². The van der Waals surface area contributed by atoms with Crippen LogP contribution in [0.15, 0.2) is 0 Å². The molecule has 3 nitrogen and oxygen atoms in total. The van der Waals surface area contributed by atoms with Crippen LogP contribution in [-0.2, 0) is 13.6 Å². The van der Waals surface area contributed by atoms with Crippen LogP contribution in [0.5, 0.6) is 0 Å². The van der Waals surface area contributed by atoms with E-state index in [1.165, 1.54) is 25.7 Å². The highest BCUT2D eigenvalue weighted by atomic mass is 35.5. The summed E-state index contributed by atoms with van der Waals surface area (Å²) in [5, 5.41) is 9.61. The monoisotopic (exact) mass is 287 g/mol.